The van der Waals surface area contributed by atoms with Gasteiger partial charge in [0.2, 0.25) is 0 Å². The van der Waals surface area contributed by atoms with Crippen LogP contribution in [0.25, 0.3) is 0 Å². The van der Waals surface area contributed by atoms with Gasteiger partial charge in [-0.05, 0) is 24.6 Å². The van der Waals surface area contributed by atoms with Crippen molar-refractivity contribution >= 4 is 5.97 Å². The summed E-state index contributed by atoms with van der Waals surface area (Å²) in [5.74, 6) is -1.82. The summed E-state index contributed by atoms with van der Waals surface area (Å²) in [5, 5.41) is 10.6. The summed E-state index contributed by atoms with van der Waals surface area (Å²) < 4.78 is 12.5. The van der Waals surface area contributed by atoms with E-state index in [0.29, 0.717) is 5.56 Å². The Labute approximate surface area is 103 Å². The van der Waals surface area contributed by atoms with Gasteiger partial charge in [0.25, 0.3) is 0 Å². The molecule has 0 saturated carbocycles. The van der Waals surface area contributed by atoms with E-state index in [0.717, 1.165) is 12.1 Å². The molecule has 0 aliphatic rings. The van der Waals surface area contributed by atoms with E-state index in [2.05, 4.69) is 0 Å². The fraction of sp³-hybridized carbons (Fsp3) is 0.222. The summed E-state index contributed by atoms with van der Waals surface area (Å²) >= 11 is 0. The van der Waals surface area contributed by atoms with Gasteiger partial charge in [0, 0.05) is 0 Å². The number of hydrogen-bond donors (Lipinski definition) is 1. The summed E-state index contributed by atoms with van der Waals surface area (Å²) in [5.41, 5.74) is 4.18. The van der Waals surface area contributed by atoms with Crippen LogP contribution >= 0.6 is 0 Å². The third kappa shape index (κ3) is 2.78. The number of rotatable bonds is 2. The normalized spacial score (nSPS) is 13.9. The number of carboxylic acid groups (broad SMARTS) is 1. The van der Waals surface area contributed by atoms with Crippen LogP contribution in [-0.2, 0) is 10.3 Å². The Morgan fingerprint density at radius 2 is 1.86 bits per heavy atom. The molecule has 0 bridgehead atoms. The molecule has 0 fully saturated rings. The van der Waals surface area contributed by atoms with Gasteiger partial charge in [-0.3, -0.25) is 0 Å². The zero-order valence-electron chi connectivity index (χ0n) is 8.08. The van der Waals surface area contributed by atoms with Crippen LogP contribution in [0, 0.1) is 5.82 Å². The molecule has 0 heterocycles. The second kappa shape index (κ2) is 4.89. The molecule has 0 saturated heterocycles. The predicted molar refractivity (Wildman–Crippen MR) is 42.9 cm³/mol. The molecular formula is C9H9FNNaO2. The molecule has 5 heteroatoms. The molecule has 1 aromatic carbocycles. The fourth-order valence-corrected chi connectivity index (χ4v) is 0.914. The zero-order valence-corrected chi connectivity index (χ0v) is 10.1. The predicted octanol–water partition coefficient (Wildman–Crippen LogP) is -3.25. The van der Waals surface area contributed by atoms with Crippen LogP contribution in [0.4, 0.5) is 4.39 Å². The molecule has 1 aromatic rings. The standard InChI is InChI=1S/C9H10FNO2.Na/c1-9(11,8(12)13)6-2-4-7(10)5-3-6;/h2-5H,11H2,1H3,(H,12,13);/q;+1/p-1/t9-;/m1./s1. The third-order valence-corrected chi connectivity index (χ3v) is 1.87. The minimum Gasteiger partial charge on any atom is -0.548 e. The maximum atomic E-state index is 12.5. The van der Waals surface area contributed by atoms with Gasteiger partial charge >= 0.3 is 29.6 Å². The Morgan fingerprint density at radius 1 is 1.43 bits per heavy atom. The van der Waals surface area contributed by atoms with Gasteiger partial charge in [0.15, 0.2) is 0 Å². The molecule has 14 heavy (non-hydrogen) atoms. The van der Waals surface area contributed by atoms with E-state index in [9.17, 15) is 14.3 Å². The number of aliphatic carboxylic acids is 1. The smallest absolute Gasteiger partial charge is 0.548 e. The summed E-state index contributed by atoms with van der Waals surface area (Å²) in [7, 11) is 0. The van der Waals surface area contributed by atoms with Crippen molar-refractivity contribution in [2.75, 3.05) is 0 Å². The molecule has 0 aliphatic carbocycles. The molecular weight excluding hydrogens is 196 g/mol. The van der Waals surface area contributed by atoms with E-state index < -0.39 is 17.3 Å². The Bertz CT molecular complexity index is 324. The van der Waals surface area contributed by atoms with E-state index in [1.165, 1.54) is 19.1 Å². The summed E-state index contributed by atoms with van der Waals surface area (Å²) in [4.78, 5) is 10.6. The van der Waals surface area contributed by atoms with Crippen molar-refractivity contribution in [1.29, 1.82) is 0 Å². The quantitative estimate of drug-likeness (QED) is 0.516. The molecule has 0 unspecified atom stereocenters. The van der Waals surface area contributed by atoms with Crippen LogP contribution < -0.4 is 40.4 Å². The third-order valence-electron chi connectivity index (χ3n) is 1.87. The van der Waals surface area contributed by atoms with E-state index in [4.69, 9.17) is 5.73 Å². The Morgan fingerprint density at radius 3 is 2.21 bits per heavy atom. The summed E-state index contributed by atoms with van der Waals surface area (Å²) in [6.07, 6.45) is 0. The van der Waals surface area contributed by atoms with Crippen molar-refractivity contribution in [3.63, 3.8) is 0 Å². The van der Waals surface area contributed by atoms with Gasteiger partial charge in [-0.15, -0.1) is 0 Å². The number of halogens is 1. The second-order valence-corrected chi connectivity index (χ2v) is 3.00. The van der Waals surface area contributed by atoms with Crippen LogP contribution in [0.5, 0.6) is 0 Å². The number of carbonyl (C=O) groups is 1. The molecule has 0 aromatic heterocycles. The first-order valence-electron chi connectivity index (χ1n) is 3.71. The SMILES string of the molecule is C[C@](N)(C(=O)[O-])c1ccc(F)cc1.[Na+]. The van der Waals surface area contributed by atoms with E-state index in [-0.39, 0.29) is 29.6 Å². The zero-order chi connectivity index (χ0) is 10.1. The van der Waals surface area contributed by atoms with Crippen molar-refractivity contribution in [3.8, 4) is 0 Å². The first-order chi connectivity index (χ1) is 5.94. The topological polar surface area (TPSA) is 66.2 Å². The van der Waals surface area contributed by atoms with E-state index in [1.807, 2.05) is 0 Å². The number of hydrogen-bond acceptors (Lipinski definition) is 3. The molecule has 0 aliphatic heterocycles. The summed E-state index contributed by atoms with van der Waals surface area (Å²) in [6, 6.07) is 4.96. The second-order valence-electron chi connectivity index (χ2n) is 3.00. The average molecular weight is 205 g/mol. The molecule has 1 atom stereocenters. The molecule has 0 spiro atoms. The molecule has 0 amide bonds. The molecule has 0 radical (unpaired) electrons. The van der Waals surface area contributed by atoms with Crippen molar-refractivity contribution in [2.24, 2.45) is 5.73 Å². The number of benzene rings is 1. The molecule has 2 N–H and O–H groups in total. The van der Waals surface area contributed by atoms with Gasteiger partial charge in [-0.2, -0.15) is 0 Å². The first-order valence-corrected chi connectivity index (χ1v) is 3.71. The fourth-order valence-electron chi connectivity index (χ4n) is 0.914. The van der Waals surface area contributed by atoms with Gasteiger partial charge in [0.05, 0.1) is 11.5 Å². The van der Waals surface area contributed by atoms with E-state index in [1.54, 1.807) is 0 Å². The number of nitrogens with two attached hydrogens (primary N) is 1. The number of carbonyl (C=O) groups excluding carboxylic acids is 1. The largest absolute Gasteiger partial charge is 1.00 e. The average Bonchev–Trinajstić information content (AvgIpc) is 2.04. The van der Waals surface area contributed by atoms with Crippen LogP contribution in [0.2, 0.25) is 0 Å². The Balaban J connectivity index is 0.00000169. The van der Waals surface area contributed by atoms with Crippen LogP contribution in [0.1, 0.15) is 12.5 Å². The van der Waals surface area contributed by atoms with Crippen molar-refractivity contribution in [3.05, 3.63) is 35.6 Å². The minimum atomic E-state index is -1.58. The van der Waals surface area contributed by atoms with Gasteiger partial charge in [-0.25, -0.2) is 4.39 Å². The monoisotopic (exact) mass is 205 g/mol. The maximum absolute atomic E-state index is 12.5. The Kier molecular flexibility index (Phi) is 4.74. The van der Waals surface area contributed by atoms with Crippen molar-refractivity contribution in [1.82, 2.24) is 0 Å². The van der Waals surface area contributed by atoms with Gasteiger partial charge in [-0.1, -0.05) is 12.1 Å². The Hall–Kier alpha value is -0.420. The first kappa shape index (κ1) is 13.6. The number of carboxylic acids is 1. The van der Waals surface area contributed by atoms with Crippen LogP contribution in [0.15, 0.2) is 24.3 Å². The van der Waals surface area contributed by atoms with Gasteiger partial charge in [0.1, 0.15) is 5.82 Å². The van der Waals surface area contributed by atoms with Crippen LogP contribution in [-0.4, -0.2) is 5.97 Å². The maximum Gasteiger partial charge on any atom is 1.00 e. The molecule has 1 rings (SSSR count). The minimum absolute atomic E-state index is 0. The van der Waals surface area contributed by atoms with Crippen molar-refractivity contribution < 1.29 is 43.8 Å². The molecule has 70 valence electrons. The van der Waals surface area contributed by atoms with Gasteiger partial charge < -0.3 is 15.6 Å². The van der Waals surface area contributed by atoms with Crippen LogP contribution in [0.3, 0.4) is 0 Å². The van der Waals surface area contributed by atoms with Crippen molar-refractivity contribution in [2.45, 2.75) is 12.5 Å². The van der Waals surface area contributed by atoms with E-state index >= 15 is 0 Å². The molecule has 3 nitrogen and oxygen atoms in total. The summed E-state index contributed by atoms with van der Waals surface area (Å²) in [6.45, 7) is 1.30.